The van der Waals surface area contributed by atoms with Crippen LogP contribution in [0.25, 0.3) is 143 Å². The molecule has 15 aromatic rings. The fourth-order valence-electron chi connectivity index (χ4n) is 14.3. The fraction of sp³-hybridized carbons (Fsp3) is 0.100. The molecular formula is C80H61N3. The number of nitrogens with zero attached hydrogens (tertiary/aromatic N) is 3. The number of benzene rings is 12. The van der Waals surface area contributed by atoms with E-state index in [4.69, 9.17) is 0 Å². The van der Waals surface area contributed by atoms with Gasteiger partial charge in [-0.05, 0) is 176 Å². The number of rotatable bonds is 11. The molecule has 0 bridgehead atoms. The minimum atomic E-state index is 0.279. The van der Waals surface area contributed by atoms with Crippen LogP contribution < -0.4 is 0 Å². The van der Waals surface area contributed by atoms with E-state index in [-0.39, 0.29) is 6.04 Å². The first-order valence-corrected chi connectivity index (χ1v) is 29.8. The molecule has 1 atom stereocenters. The number of hydrogen-bond acceptors (Lipinski definition) is 0. The van der Waals surface area contributed by atoms with Crippen LogP contribution in [-0.4, -0.2) is 13.7 Å². The molecule has 1 aliphatic carbocycles. The second kappa shape index (κ2) is 19.9. The second-order valence-corrected chi connectivity index (χ2v) is 22.9. The predicted molar refractivity (Wildman–Crippen MR) is 355 cm³/mol. The molecule has 1 unspecified atom stereocenters. The summed E-state index contributed by atoms with van der Waals surface area (Å²) in [4.78, 5) is 0. The van der Waals surface area contributed by atoms with E-state index in [9.17, 15) is 0 Å². The zero-order chi connectivity index (χ0) is 55.1. The van der Waals surface area contributed by atoms with Crippen molar-refractivity contribution in [3.63, 3.8) is 0 Å². The van der Waals surface area contributed by atoms with Crippen molar-refractivity contribution in [3.05, 3.63) is 278 Å². The van der Waals surface area contributed by atoms with E-state index in [1.807, 2.05) is 0 Å². The van der Waals surface area contributed by atoms with Crippen molar-refractivity contribution in [2.45, 2.75) is 52.0 Å². The molecule has 0 fully saturated rings. The maximum Gasteiger partial charge on any atom is 0.0562 e. The molecule has 0 saturated heterocycles. The zero-order valence-corrected chi connectivity index (χ0v) is 46.9. The molecule has 3 aromatic heterocycles. The quantitative estimate of drug-likeness (QED) is 0.115. The average molecular weight is 1060 g/mol. The number of fused-ring (bicyclic) bond motifs is 11. The number of para-hydroxylation sites is 2. The molecule has 0 spiro atoms. The van der Waals surface area contributed by atoms with Gasteiger partial charge in [0.15, 0.2) is 0 Å². The highest BCUT2D eigenvalue weighted by Gasteiger charge is 2.22. The van der Waals surface area contributed by atoms with Gasteiger partial charge in [0.05, 0.1) is 28.1 Å². The normalized spacial score (nSPS) is 13.7. The van der Waals surface area contributed by atoms with E-state index < -0.39 is 0 Å². The van der Waals surface area contributed by atoms with Crippen molar-refractivity contribution in [3.8, 4) is 55.9 Å². The van der Waals surface area contributed by atoms with Gasteiger partial charge in [0.1, 0.15) is 0 Å². The summed E-state index contributed by atoms with van der Waals surface area (Å²) in [6.45, 7) is 4.53. The molecule has 0 amide bonds. The van der Waals surface area contributed by atoms with Gasteiger partial charge in [-0.15, -0.1) is 0 Å². The second-order valence-electron chi connectivity index (χ2n) is 22.9. The Bertz CT molecular complexity index is 5080. The van der Waals surface area contributed by atoms with Crippen molar-refractivity contribution in [2.24, 2.45) is 0 Å². The van der Waals surface area contributed by atoms with Crippen LogP contribution >= 0.6 is 0 Å². The summed E-state index contributed by atoms with van der Waals surface area (Å²) in [7, 11) is 0. The van der Waals surface area contributed by atoms with Crippen LogP contribution in [0.3, 0.4) is 0 Å². The van der Waals surface area contributed by atoms with Gasteiger partial charge in [0.25, 0.3) is 0 Å². The van der Waals surface area contributed by atoms with Crippen LogP contribution in [0.4, 0.5) is 0 Å². The molecule has 3 heteroatoms. The fourth-order valence-corrected chi connectivity index (χ4v) is 14.3. The van der Waals surface area contributed by atoms with E-state index in [0.717, 1.165) is 37.8 Å². The highest BCUT2D eigenvalue weighted by Crippen LogP contribution is 2.46. The minimum absolute atomic E-state index is 0.279. The first kappa shape index (κ1) is 48.9. The van der Waals surface area contributed by atoms with Crippen LogP contribution in [0.15, 0.2) is 273 Å². The van der Waals surface area contributed by atoms with Gasteiger partial charge in [-0.2, -0.15) is 0 Å². The Morgan fingerprint density at radius 2 is 0.747 bits per heavy atom. The van der Waals surface area contributed by atoms with Crippen molar-refractivity contribution >= 4 is 87.0 Å². The van der Waals surface area contributed by atoms with Crippen LogP contribution in [-0.2, 0) is 6.42 Å². The molecule has 0 N–H and O–H groups in total. The van der Waals surface area contributed by atoms with Crippen LogP contribution in [0.5, 0.6) is 0 Å². The van der Waals surface area contributed by atoms with Gasteiger partial charge in [0.2, 0.25) is 0 Å². The van der Waals surface area contributed by atoms with E-state index in [1.54, 1.807) is 0 Å². The van der Waals surface area contributed by atoms with Gasteiger partial charge in [-0.25, -0.2) is 0 Å². The standard InChI is InChI=1S/C80H61N3/c1-3-18-52-20-16-24-61(46-52)82-73-32-14-12-26-63(73)69-48-56(36-42-75(69)82)58-38-44-77-71(50-58)72-51-59(57-37-43-76-70(49-57)64-27-13-15-33-74(64)83(76)62-25-17-21-53(47-62)19-4-2)39-45-78(72)81(77)60-40-34-55(35-41-60)80-67-30-10-8-28-65(67)79(54-22-6-5-7-23-54)66-29-9-11-31-68(66)80/h5-17,20-24,26-51,62H,3-4,18-19,25H2,1-2H3. The summed E-state index contributed by atoms with van der Waals surface area (Å²) in [5.41, 5.74) is 22.3. The third kappa shape index (κ3) is 8.01. The van der Waals surface area contributed by atoms with Crippen LogP contribution in [0.1, 0.15) is 51.1 Å². The highest BCUT2D eigenvalue weighted by atomic mass is 15.0. The predicted octanol–water partition coefficient (Wildman–Crippen LogP) is 22.1. The topological polar surface area (TPSA) is 14.8 Å². The largest absolute Gasteiger partial charge is 0.333 e. The first-order chi connectivity index (χ1) is 41.1. The Hall–Kier alpha value is -9.96. The lowest BCUT2D eigenvalue weighted by Gasteiger charge is -2.21. The molecule has 1 aliphatic rings. The Balaban J connectivity index is 0.866. The number of aryl methyl sites for hydroxylation is 1. The third-order valence-corrected chi connectivity index (χ3v) is 17.9. The lowest BCUT2D eigenvalue weighted by Crippen LogP contribution is -2.08. The third-order valence-electron chi connectivity index (χ3n) is 17.9. The molecule has 396 valence electrons. The van der Waals surface area contributed by atoms with Gasteiger partial charge >= 0.3 is 0 Å². The van der Waals surface area contributed by atoms with E-state index in [0.29, 0.717) is 0 Å². The van der Waals surface area contributed by atoms with Gasteiger partial charge < -0.3 is 13.7 Å². The highest BCUT2D eigenvalue weighted by molar-refractivity contribution is 6.22. The van der Waals surface area contributed by atoms with E-state index >= 15 is 0 Å². The molecule has 0 saturated carbocycles. The average Bonchev–Trinajstić information content (AvgIpc) is 3.40. The maximum atomic E-state index is 2.59. The molecule has 16 rings (SSSR count). The Kier molecular flexibility index (Phi) is 11.7. The zero-order valence-electron chi connectivity index (χ0n) is 46.9. The van der Waals surface area contributed by atoms with Crippen molar-refractivity contribution in [1.29, 1.82) is 0 Å². The van der Waals surface area contributed by atoms with Gasteiger partial charge in [0, 0.05) is 54.7 Å². The summed E-state index contributed by atoms with van der Waals surface area (Å²) in [6, 6.07) is 93.9. The lowest BCUT2D eigenvalue weighted by atomic mass is 9.86. The van der Waals surface area contributed by atoms with Gasteiger partial charge in [-0.1, -0.05) is 214 Å². The van der Waals surface area contributed by atoms with Crippen LogP contribution in [0, 0.1) is 0 Å². The molecule has 83 heavy (non-hydrogen) atoms. The van der Waals surface area contributed by atoms with Crippen molar-refractivity contribution in [2.75, 3.05) is 0 Å². The van der Waals surface area contributed by atoms with E-state index in [2.05, 4.69) is 294 Å². The summed E-state index contributed by atoms with van der Waals surface area (Å²) in [5.74, 6) is 0. The Morgan fingerprint density at radius 1 is 0.325 bits per heavy atom. The molecule has 3 heterocycles. The Morgan fingerprint density at radius 3 is 1.31 bits per heavy atom. The van der Waals surface area contributed by atoms with Crippen LogP contribution in [0.2, 0.25) is 0 Å². The van der Waals surface area contributed by atoms with Crippen molar-refractivity contribution in [1.82, 2.24) is 13.7 Å². The minimum Gasteiger partial charge on any atom is -0.333 e. The van der Waals surface area contributed by atoms with Crippen molar-refractivity contribution < 1.29 is 0 Å². The SMILES string of the molecule is CCCC1=CC(n2c3ccccc3c3cc(-c4ccc5c(c4)c4cc(-c6ccc7c(c6)c6ccccc6n7-c6cccc(CCC)c6)ccc4n5-c4ccc(-c5c6ccccc6c(-c6ccccc6)c6ccccc56)cc4)ccc32)CC=C1. The van der Waals surface area contributed by atoms with E-state index in [1.165, 1.54) is 148 Å². The Labute approximate surface area is 483 Å². The monoisotopic (exact) mass is 1060 g/mol. The smallest absolute Gasteiger partial charge is 0.0562 e. The first-order valence-electron chi connectivity index (χ1n) is 29.8. The molecule has 0 aliphatic heterocycles. The number of hydrogen-bond donors (Lipinski definition) is 0. The summed E-state index contributed by atoms with van der Waals surface area (Å²) in [5, 5.41) is 12.6. The maximum absolute atomic E-state index is 2.59. The lowest BCUT2D eigenvalue weighted by molar-refractivity contribution is 0.638. The molecule has 12 aromatic carbocycles. The number of aromatic nitrogens is 3. The number of allylic oxidation sites excluding steroid dienone is 4. The summed E-state index contributed by atoms with van der Waals surface area (Å²) in [6.07, 6.45) is 12.6. The molecule has 3 nitrogen and oxygen atoms in total. The summed E-state index contributed by atoms with van der Waals surface area (Å²) >= 11 is 0. The van der Waals surface area contributed by atoms with Gasteiger partial charge in [-0.3, -0.25) is 0 Å². The molecule has 0 radical (unpaired) electrons. The molecular weight excluding hydrogens is 1000 g/mol. The summed E-state index contributed by atoms with van der Waals surface area (Å²) < 4.78 is 7.52.